The fourth-order valence-corrected chi connectivity index (χ4v) is 4.18. The third-order valence-electron chi connectivity index (χ3n) is 5.04. The van der Waals surface area contributed by atoms with Crippen LogP contribution in [0.15, 0.2) is 35.2 Å². The van der Waals surface area contributed by atoms with Crippen molar-refractivity contribution in [2.24, 2.45) is 7.05 Å². The van der Waals surface area contributed by atoms with Crippen LogP contribution in [0, 0.1) is 0 Å². The first kappa shape index (κ1) is 17.4. The smallest absolute Gasteiger partial charge is 0.180 e. The molecule has 9 nitrogen and oxygen atoms in total. The molecule has 1 atom stereocenters. The molecule has 4 aromatic rings. The largest absolute Gasteiger partial charge is 0.377 e. The topological polar surface area (TPSA) is 89.2 Å². The zero-order chi connectivity index (χ0) is 19.3. The van der Waals surface area contributed by atoms with Crippen molar-refractivity contribution in [3.05, 3.63) is 35.2 Å². The molecule has 1 unspecified atom stereocenters. The van der Waals surface area contributed by atoms with Crippen LogP contribution >= 0.6 is 15.9 Å². The van der Waals surface area contributed by atoms with Gasteiger partial charge in [0.1, 0.15) is 15.8 Å². The maximum Gasteiger partial charge on any atom is 0.180 e. The Balaban J connectivity index is 1.80. The van der Waals surface area contributed by atoms with Gasteiger partial charge in [-0.1, -0.05) is 0 Å². The summed E-state index contributed by atoms with van der Waals surface area (Å²) in [6, 6.07) is 6.23. The molecule has 144 valence electrons. The molecule has 28 heavy (non-hydrogen) atoms. The van der Waals surface area contributed by atoms with Crippen molar-refractivity contribution in [1.29, 1.82) is 0 Å². The van der Waals surface area contributed by atoms with Gasteiger partial charge in [0.05, 0.1) is 24.9 Å². The van der Waals surface area contributed by atoms with Gasteiger partial charge in [-0.2, -0.15) is 10.2 Å². The number of H-pyrrole nitrogens is 1. The van der Waals surface area contributed by atoms with E-state index in [-0.39, 0.29) is 6.04 Å². The van der Waals surface area contributed by atoms with Gasteiger partial charge in [-0.15, -0.1) is 5.10 Å². The number of fused-ring (bicyclic) bond motifs is 1. The van der Waals surface area contributed by atoms with Crippen LogP contribution in [0.1, 0.15) is 6.92 Å². The molecule has 5 heterocycles. The number of anilines is 1. The Kier molecular flexibility index (Phi) is 4.17. The summed E-state index contributed by atoms with van der Waals surface area (Å²) >= 11 is 3.63. The highest BCUT2D eigenvalue weighted by Gasteiger charge is 2.25. The number of nitrogens with one attached hydrogen (secondary N) is 1. The molecule has 1 aliphatic rings. The minimum Gasteiger partial charge on any atom is -0.377 e. The molecule has 1 aliphatic heterocycles. The standard InChI is InChI=1S/C18H19BrN8O/c1-11-10-28-8-7-26(11)15-9-12(14-4-6-21-25(14)2)16-17(19)22-18(27(16)24-15)13-3-5-20-23-13/h3-6,9,11H,7-8,10H2,1-2H3,(H,20,23). The van der Waals surface area contributed by atoms with Gasteiger partial charge < -0.3 is 9.64 Å². The summed E-state index contributed by atoms with van der Waals surface area (Å²) in [5.74, 6) is 1.58. The summed E-state index contributed by atoms with van der Waals surface area (Å²) in [6.45, 7) is 4.31. The van der Waals surface area contributed by atoms with Crippen LogP contribution < -0.4 is 4.90 Å². The van der Waals surface area contributed by atoms with Gasteiger partial charge in [0.2, 0.25) is 0 Å². The number of hydrogen-bond donors (Lipinski definition) is 1. The van der Waals surface area contributed by atoms with Gasteiger partial charge >= 0.3 is 0 Å². The lowest BCUT2D eigenvalue weighted by molar-refractivity contribution is 0.0984. The summed E-state index contributed by atoms with van der Waals surface area (Å²) < 4.78 is 10.1. The number of nitrogens with zero attached hydrogens (tertiary/aromatic N) is 7. The molecular weight excluding hydrogens is 424 g/mol. The molecule has 0 bridgehead atoms. The van der Waals surface area contributed by atoms with Crippen molar-refractivity contribution in [2.45, 2.75) is 13.0 Å². The number of hydrogen-bond acceptors (Lipinski definition) is 6. The first-order chi connectivity index (χ1) is 13.6. The Morgan fingerprint density at radius 3 is 2.89 bits per heavy atom. The highest BCUT2D eigenvalue weighted by atomic mass is 79.9. The predicted octanol–water partition coefficient (Wildman–Crippen LogP) is 2.51. The molecule has 5 rings (SSSR count). The Morgan fingerprint density at radius 1 is 1.29 bits per heavy atom. The quantitative estimate of drug-likeness (QED) is 0.524. The zero-order valence-electron chi connectivity index (χ0n) is 15.5. The Bertz CT molecular complexity index is 1130. The van der Waals surface area contributed by atoms with E-state index in [1.807, 2.05) is 28.4 Å². The van der Waals surface area contributed by atoms with Crippen LogP contribution in [0.4, 0.5) is 5.82 Å². The Labute approximate surface area is 169 Å². The molecule has 0 radical (unpaired) electrons. The van der Waals surface area contributed by atoms with E-state index in [0.29, 0.717) is 19.0 Å². The Morgan fingerprint density at radius 2 is 2.18 bits per heavy atom. The van der Waals surface area contributed by atoms with Gasteiger partial charge in [0, 0.05) is 31.5 Å². The summed E-state index contributed by atoms with van der Waals surface area (Å²) in [6.07, 6.45) is 3.50. The van der Waals surface area contributed by atoms with Gasteiger partial charge in [0.25, 0.3) is 0 Å². The van der Waals surface area contributed by atoms with Crippen LogP contribution in [0.2, 0.25) is 0 Å². The summed E-state index contributed by atoms with van der Waals surface area (Å²) in [4.78, 5) is 6.98. The van der Waals surface area contributed by atoms with Crippen LogP contribution in [0.3, 0.4) is 0 Å². The minimum atomic E-state index is 0.237. The maximum absolute atomic E-state index is 5.61. The van der Waals surface area contributed by atoms with Crippen molar-refractivity contribution in [1.82, 2.24) is 34.6 Å². The van der Waals surface area contributed by atoms with Gasteiger partial charge in [-0.25, -0.2) is 9.50 Å². The number of halogens is 1. The second-order valence-corrected chi connectivity index (χ2v) is 7.58. The molecule has 0 saturated carbocycles. The van der Waals surface area contributed by atoms with E-state index >= 15 is 0 Å². The number of aromatic nitrogens is 7. The van der Waals surface area contributed by atoms with E-state index in [1.165, 1.54) is 0 Å². The number of rotatable bonds is 3. The molecule has 4 aromatic heterocycles. The second kappa shape index (κ2) is 6.71. The van der Waals surface area contributed by atoms with Crippen LogP contribution in [-0.4, -0.2) is 60.4 Å². The molecule has 10 heteroatoms. The third kappa shape index (κ3) is 2.71. The average molecular weight is 443 g/mol. The fourth-order valence-electron chi connectivity index (χ4n) is 3.63. The number of ether oxygens (including phenoxy) is 1. The van der Waals surface area contributed by atoms with Crippen LogP contribution in [0.5, 0.6) is 0 Å². The summed E-state index contributed by atoms with van der Waals surface area (Å²) in [5.41, 5.74) is 3.69. The molecular formula is C18H19BrN8O. The third-order valence-corrected chi connectivity index (χ3v) is 5.60. The normalized spacial score (nSPS) is 17.5. The second-order valence-electron chi connectivity index (χ2n) is 6.83. The predicted molar refractivity (Wildman–Crippen MR) is 108 cm³/mol. The molecule has 0 aromatic carbocycles. The van der Waals surface area contributed by atoms with E-state index in [0.717, 1.165) is 39.4 Å². The van der Waals surface area contributed by atoms with E-state index in [2.05, 4.69) is 49.1 Å². The monoisotopic (exact) mass is 442 g/mol. The van der Waals surface area contributed by atoms with Crippen molar-refractivity contribution in [3.8, 4) is 22.8 Å². The minimum absolute atomic E-state index is 0.237. The van der Waals surface area contributed by atoms with Crippen molar-refractivity contribution >= 4 is 27.3 Å². The van der Waals surface area contributed by atoms with Gasteiger partial charge in [-0.3, -0.25) is 9.78 Å². The first-order valence-electron chi connectivity index (χ1n) is 9.05. The molecule has 1 N–H and O–H groups in total. The van der Waals surface area contributed by atoms with Crippen molar-refractivity contribution < 1.29 is 4.74 Å². The lowest BCUT2D eigenvalue weighted by Crippen LogP contribution is -2.44. The molecule has 0 amide bonds. The SMILES string of the molecule is CC1COCCN1c1cc(-c2ccnn2C)c2c(Br)nc(-c3ccn[nH]3)n2n1. The average Bonchev–Trinajstić information content (AvgIpc) is 3.42. The summed E-state index contributed by atoms with van der Waals surface area (Å²) in [5, 5.41) is 16.3. The summed E-state index contributed by atoms with van der Waals surface area (Å²) in [7, 11) is 1.93. The van der Waals surface area contributed by atoms with Gasteiger partial charge in [-0.05, 0) is 41.1 Å². The zero-order valence-corrected chi connectivity index (χ0v) is 17.1. The number of aromatic amines is 1. The van der Waals surface area contributed by atoms with E-state index < -0.39 is 0 Å². The van der Waals surface area contributed by atoms with Gasteiger partial charge in [0.15, 0.2) is 11.6 Å². The molecule has 0 aliphatic carbocycles. The molecule has 1 fully saturated rings. The highest BCUT2D eigenvalue weighted by Crippen LogP contribution is 2.35. The Hall–Kier alpha value is -2.72. The number of aryl methyl sites for hydroxylation is 1. The van der Waals surface area contributed by atoms with Crippen LogP contribution in [-0.2, 0) is 11.8 Å². The van der Waals surface area contributed by atoms with E-state index in [4.69, 9.17) is 14.8 Å². The lowest BCUT2D eigenvalue weighted by atomic mass is 10.1. The number of imidazole rings is 1. The highest BCUT2D eigenvalue weighted by molar-refractivity contribution is 9.10. The van der Waals surface area contributed by atoms with E-state index in [1.54, 1.807) is 12.4 Å². The molecule has 0 spiro atoms. The van der Waals surface area contributed by atoms with Crippen LogP contribution in [0.25, 0.3) is 28.3 Å². The van der Waals surface area contributed by atoms with E-state index in [9.17, 15) is 0 Å². The maximum atomic E-state index is 5.61. The molecule has 1 saturated heterocycles. The lowest BCUT2D eigenvalue weighted by Gasteiger charge is -2.34. The van der Waals surface area contributed by atoms with Crippen molar-refractivity contribution in [3.63, 3.8) is 0 Å². The fraction of sp³-hybridized carbons (Fsp3) is 0.333. The number of morpholine rings is 1. The first-order valence-corrected chi connectivity index (χ1v) is 9.84. The van der Waals surface area contributed by atoms with Crippen molar-refractivity contribution in [2.75, 3.05) is 24.7 Å².